The van der Waals surface area contributed by atoms with E-state index in [1.807, 2.05) is 24.9 Å². The van der Waals surface area contributed by atoms with Gasteiger partial charge in [0.15, 0.2) is 0 Å². The lowest BCUT2D eigenvalue weighted by atomic mass is 10.2. The van der Waals surface area contributed by atoms with Crippen molar-refractivity contribution in [3.8, 4) is 0 Å². The predicted molar refractivity (Wildman–Crippen MR) is 51.5 cm³/mol. The van der Waals surface area contributed by atoms with Crippen LogP contribution in [-0.2, 0) is 18.3 Å². The van der Waals surface area contributed by atoms with E-state index in [-0.39, 0.29) is 0 Å². The van der Waals surface area contributed by atoms with Gasteiger partial charge in [-0.15, -0.1) is 0 Å². The molecule has 0 spiro atoms. The fraction of sp³-hybridized carbons (Fsp3) is 0.667. The van der Waals surface area contributed by atoms with Crippen LogP contribution in [0.15, 0.2) is 6.20 Å². The van der Waals surface area contributed by atoms with E-state index in [9.17, 15) is 0 Å². The SMILES string of the molecule is COCCNCc1cn(C)nc1C. The number of hydrogen-bond donors (Lipinski definition) is 1. The molecular formula is C9H17N3O. The minimum Gasteiger partial charge on any atom is -0.383 e. The molecule has 1 N–H and O–H groups in total. The average molecular weight is 183 g/mol. The summed E-state index contributed by atoms with van der Waals surface area (Å²) in [6.45, 7) is 4.51. The van der Waals surface area contributed by atoms with Gasteiger partial charge in [-0.3, -0.25) is 4.68 Å². The van der Waals surface area contributed by atoms with E-state index in [0.29, 0.717) is 0 Å². The monoisotopic (exact) mass is 183 g/mol. The molecule has 0 aromatic carbocycles. The van der Waals surface area contributed by atoms with Gasteiger partial charge >= 0.3 is 0 Å². The van der Waals surface area contributed by atoms with Crippen molar-refractivity contribution in [1.29, 1.82) is 0 Å². The van der Waals surface area contributed by atoms with Gasteiger partial charge in [-0.2, -0.15) is 5.10 Å². The van der Waals surface area contributed by atoms with Gasteiger partial charge in [0.25, 0.3) is 0 Å². The highest BCUT2D eigenvalue weighted by Gasteiger charge is 2.00. The van der Waals surface area contributed by atoms with Crippen molar-refractivity contribution in [3.63, 3.8) is 0 Å². The van der Waals surface area contributed by atoms with E-state index in [1.165, 1.54) is 5.56 Å². The highest BCUT2D eigenvalue weighted by atomic mass is 16.5. The number of ether oxygens (including phenoxy) is 1. The van der Waals surface area contributed by atoms with Crippen LogP contribution in [0.4, 0.5) is 0 Å². The zero-order chi connectivity index (χ0) is 9.68. The Morgan fingerprint density at radius 3 is 2.92 bits per heavy atom. The molecule has 0 saturated heterocycles. The Kier molecular flexibility index (Phi) is 3.92. The number of nitrogens with zero attached hydrogens (tertiary/aromatic N) is 2. The Bertz CT molecular complexity index is 257. The summed E-state index contributed by atoms with van der Waals surface area (Å²) in [5.41, 5.74) is 2.34. The zero-order valence-electron chi connectivity index (χ0n) is 8.50. The summed E-state index contributed by atoms with van der Waals surface area (Å²) in [7, 11) is 3.64. The molecule has 4 nitrogen and oxygen atoms in total. The zero-order valence-corrected chi connectivity index (χ0v) is 8.50. The third-order valence-electron chi connectivity index (χ3n) is 1.91. The van der Waals surface area contributed by atoms with Gasteiger partial charge < -0.3 is 10.1 Å². The first-order valence-corrected chi connectivity index (χ1v) is 4.43. The van der Waals surface area contributed by atoms with E-state index in [2.05, 4.69) is 10.4 Å². The van der Waals surface area contributed by atoms with Crippen LogP contribution in [0.1, 0.15) is 11.3 Å². The van der Waals surface area contributed by atoms with Crippen LogP contribution in [0.25, 0.3) is 0 Å². The van der Waals surface area contributed by atoms with Crippen LogP contribution < -0.4 is 5.32 Å². The van der Waals surface area contributed by atoms with Crippen LogP contribution >= 0.6 is 0 Å². The molecular weight excluding hydrogens is 166 g/mol. The lowest BCUT2D eigenvalue weighted by Gasteiger charge is -2.01. The summed E-state index contributed by atoms with van der Waals surface area (Å²) < 4.78 is 6.77. The minimum absolute atomic E-state index is 0.749. The first-order chi connectivity index (χ1) is 6.24. The van der Waals surface area contributed by atoms with Crippen molar-refractivity contribution in [1.82, 2.24) is 15.1 Å². The molecule has 74 valence electrons. The molecule has 0 saturated carbocycles. The quantitative estimate of drug-likeness (QED) is 0.674. The summed E-state index contributed by atoms with van der Waals surface area (Å²) in [6.07, 6.45) is 2.04. The van der Waals surface area contributed by atoms with Crippen LogP contribution in [0.2, 0.25) is 0 Å². The highest BCUT2D eigenvalue weighted by Crippen LogP contribution is 2.02. The van der Waals surface area contributed by atoms with Crippen LogP contribution in [0, 0.1) is 6.92 Å². The Balaban J connectivity index is 2.32. The van der Waals surface area contributed by atoms with Crippen molar-refractivity contribution >= 4 is 0 Å². The molecule has 0 amide bonds. The topological polar surface area (TPSA) is 39.1 Å². The van der Waals surface area contributed by atoms with Crippen LogP contribution in [-0.4, -0.2) is 30.0 Å². The van der Waals surface area contributed by atoms with E-state index >= 15 is 0 Å². The Hall–Kier alpha value is -0.870. The average Bonchev–Trinajstić information content (AvgIpc) is 2.39. The van der Waals surface area contributed by atoms with Crippen molar-refractivity contribution in [2.75, 3.05) is 20.3 Å². The Labute approximate surface area is 78.9 Å². The fourth-order valence-corrected chi connectivity index (χ4v) is 1.22. The van der Waals surface area contributed by atoms with Gasteiger partial charge in [0.1, 0.15) is 0 Å². The molecule has 0 fully saturated rings. The van der Waals surface area contributed by atoms with Crippen molar-refractivity contribution < 1.29 is 4.74 Å². The standard InChI is InChI=1S/C9H17N3O/c1-8-9(7-12(2)11-8)6-10-4-5-13-3/h7,10H,4-6H2,1-3H3. The number of hydrogen-bond acceptors (Lipinski definition) is 3. The second-order valence-corrected chi connectivity index (χ2v) is 3.08. The molecule has 0 aliphatic rings. The molecule has 1 rings (SSSR count). The van der Waals surface area contributed by atoms with Crippen LogP contribution in [0.5, 0.6) is 0 Å². The van der Waals surface area contributed by atoms with E-state index in [0.717, 1.165) is 25.4 Å². The van der Waals surface area contributed by atoms with Gasteiger partial charge in [0.2, 0.25) is 0 Å². The highest BCUT2D eigenvalue weighted by molar-refractivity contribution is 5.14. The summed E-state index contributed by atoms with van der Waals surface area (Å²) in [5.74, 6) is 0. The van der Waals surface area contributed by atoms with Crippen molar-refractivity contribution in [3.05, 3.63) is 17.5 Å². The second-order valence-electron chi connectivity index (χ2n) is 3.08. The predicted octanol–water partition coefficient (Wildman–Crippen LogP) is 0.465. The fourth-order valence-electron chi connectivity index (χ4n) is 1.22. The summed E-state index contributed by atoms with van der Waals surface area (Å²) >= 11 is 0. The summed E-state index contributed by atoms with van der Waals surface area (Å²) in [5, 5.41) is 7.53. The molecule has 1 aromatic rings. The van der Waals surface area contributed by atoms with Gasteiger partial charge in [0, 0.05) is 39.0 Å². The number of methoxy groups -OCH3 is 1. The molecule has 0 bridgehead atoms. The Morgan fingerprint density at radius 2 is 2.38 bits per heavy atom. The van der Waals surface area contributed by atoms with E-state index in [1.54, 1.807) is 7.11 Å². The molecule has 1 heterocycles. The first kappa shape index (κ1) is 10.2. The maximum absolute atomic E-state index is 4.93. The molecule has 0 aliphatic carbocycles. The number of aromatic nitrogens is 2. The van der Waals surface area contributed by atoms with Crippen molar-refractivity contribution in [2.24, 2.45) is 7.05 Å². The molecule has 4 heteroatoms. The lowest BCUT2D eigenvalue weighted by Crippen LogP contribution is -2.18. The van der Waals surface area contributed by atoms with Crippen LogP contribution in [0.3, 0.4) is 0 Å². The number of nitrogens with one attached hydrogen (secondary N) is 1. The number of aryl methyl sites for hydroxylation is 2. The summed E-state index contributed by atoms with van der Waals surface area (Å²) in [4.78, 5) is 0. The lowest BCUT2D eigenvalue weighted by molar-refractivity contribution is 0.199. The first-order valence-electron chi connectivity index (χ1n) is 4.43. The van der Waals surface area contributed by atoms with E-state index < -0.39 is 0 Å². The molecule has 0 aliphatic heterocycles. The summed E-state index contributed by atoms with van der Waals surface area (Å²) in [6, 6.07) is 0. The molecule has 0 radical (unpaired) electrons. The Morgan fingerprint density at radius 1 is 1.62 bits per heavy atom. The van der Waals surface area contributed by atoms with Gasteiger partial charge in [-0.25, -0.2) is 0 Å². The molecule has 0 atom stereocenters. The molecule has 1 aromatic heterocycles. The minimum atomic E-state index is 0.749. The normalized spacial score (nSPS) is 10.7. The van der Waals surface area contributed by atoms with E-state index in [4.69, 9.17) is 4.74 Å². The third-order valence-corrected chi connectivity index (χ3v) is 1.91. The van der Waals surface area contributed by atoms with Gasteiger partial charge in [-0.05, 0) is 6.92 Å². The third kappa shape index (κ3) is 3.16. The molecule has 0 unspecified atom stereocenters. The van der Waals surface area contributed by atoms with Crippen molar-refractivity contribution in [2.45, 2.75) is 13.5 Å². The second kappa shape index (κ2) is 4.99. The molecule has 13 heavy (non-hydrogen) atoms. The van der Waals surface area contributed by atoms with Gasteiger partial charge in [0.05, 0.1) is 12.3 Å². The maximum Gasteiger partial charge on any atom is 0.0638 e. The number of rotatable bonds is 5. The van der Waals surface area contributed by atoms with Gasteiger partial charge in [-0.1, -0.05) is 0 Å². The maximum atomic E-state index is 4.93. The smallest absolute Gasteiger partial charge is 0.0638 e. The largest absolute Gasteiger partial charge is 0.383 e.